The number of aromatic amines is 1. The monoisotopic (exact) mass is 409 g/mol. The number of nitrogens with one attached hydrogen (secondary N) is 3. The van der Waals surface area contributed by atoms with Crippen LogP contribution in [0.2, 0.25) is 0 Å². The Hall–Kier alpha value is -3.37. The maximum atomic E-state index is 12.1. The molecule has 0 aliphatic carbocycles. The number of methoxy groups -OCH3 is 1. The molecule has 0 fully saturated rings. The van der Waals surface area contributed by atoms with E-state index < -0.39 is 29.5 Å². The molecule has 0 saturated heterocycles. The van der Waals surface area contributed by atoms with Crippen molar-refractivity contribution in [2.45, 2.75) is 45.6 Å². The highest BCUT2D eigenvalue weighted by molar-refractivity contribution is 6.07. The van der Waals surface area contributed by atoms with Gasteiger partial charge in [0.1, 0.15) is 17.0 Å². The van der Waals surface area contributed by atoms with Gasteiger partial charge in [0.25, 0.3) is 11.8 Å². The first-order chi connectivity index (χ1) is 13.5. The molecule has 160 valence electrons. The summed E-state index contributed by atoms with van der Waals surface area (Å²) in [5, 5.41) is 4.89. The second-order valence-electron chi connectivity index (χ2n) is 7.01. The molecule has 5 N–H and O–H groups in total. The number of guanidine groups is 1. The van der Waals surface area contributed by atoms with Gasteiger partial charge in [-0.25, -0.2) is 4.79 Å². The molecule has 0 radical (unpaired) electrons. The summed E-state index contributed by atoms with van der Waals surface area (Å²) < 4.78 is 9.49. The van der Waals surface area contributed by atoms with Crippen molar-refractivity contribution in [1.29, 1.82) is 0 Å². The summed E-state index contributed by atoms with van der Waals surface area (Å²) in [5.41, 5.74) is 5.00. The Labute approximate surface area is 168 Å². The van der Waals surface area contributed by atoms with Crippen LogP contribution in [0.25, 0.3) is 0 Å². The van der Waals surface area contributed by atoms with Crippen molar-refractivity contribution in [3.63, 3.8) is 0 Å². The number of H-pyrrole nitrogens is 1. The molecule has 0 aromatic carbocycles. The molecular weight excluding hydrogens is 382 g/mol. The van der Waals surface area contributed by atoms with Crippen LogP contribution in [-0.4, -0.2) is 54.1 Å². The quantitative estimate of drug-likeness (QED) is 0.226. The van der Waals surface area contributed by atoms with Gasteiger partial charge in [-0.15, -0.1) is 4.99 Å². The fourth-order valence-corrected chi connectivity index (χ4v) is 2.05. The molecule has 11 nitrogen and oxygen atoms in total. The van der Waals surface area contributed by atoms with Crippen LogP contribution in [0.5, 0.6) is 0 Å². The van der Waals surface area contributed by atoms with E-state index >= 15 is 0 Å². The topological polar surface area (TPSA) is 165 Å². The maximum absolute atomic E-state index is 12.1. The Morgan fingerprint density at radius 2 is 1.72 bits per heavy atom. The van der Waals surface area contributed by atoms with Crippen LogP contribution in [0.3, 0.4) is 0 Å². The average Bonchev–Trinajstić information content (AvgIpc) is 3.09. The molecule has 0 atom stereocenters. The molecule has 1 rings (SSSR count). The number of aliphatic imine (C=N–C) groups is 1. The first kappa shape index (κ1) is 23.7. The zero-order valence-corrected chi connectivity index (χ0v) is 17.0. The third kappa shape index (κ3) is 9.40. The van der Waals surface area contributed by atoms with Gasteiger partial charge in [0.2, 0.25) is 5.96 Å². The highest BCUT2D eigenvalue weighted by Crippen LogP contribution is 2.08. The lowest BCUT2D eigenvalue weighted by molar-refractivity contribution is -0.140. The second kappa shape index (κ2) is 10.8. The molecule has 0 saturated carbocycles. The van der Waals surface area contributed by atoms with Gasteiger partial charge in [0.15, 0.2) is 0 Å². The largest absolute Gasteiger partial charge is 0.469 e. The Bertz CT molecular complexity index is 778. The highest BCUT2D eigenvalue weighted by Gasteiger charge is 2.17. The summed E-state index contributed by atoms with van der Waals surface area (Å²) >= 11 is 0. The van der Waals surface area contributed by atoms with Gasteiger partial charge in [-0.1, -0.05) is 0 Å². The normalized spacial score (nSPS) is 11.5. The third-order valence-electron chi connectivity index (χ3n) is 3.34. The van der Waals surface area contributed by atoms with Gasteiger partial charge < -0.3 is 25.5 Å². The van der Waals surface area contributed by atoms with E-state index in [9.17, 15) is 19.2 Å². The molecule has 0 spiro atoms. The number of nitrogens with zero attached hydrogens (tertiary/aromatic N) is 1. The van der Waals surface area contributed by atoms with Crippen molar-refractivity contribution >= 4 is 29.8 Å². The van der Waals surface area contributed by atoms with Crippen molar-refractivity contribution in [2.24, 2.45) is 10.7 Å². The first-order valence-corrected chi connectivity index (χ1v) is 8.94. The molecule has 0 unspecified atom stereocenters. The van der Waals surface area contributed by atoms with Crippen molar-refractivity contribution < 1.29 is 28.7 Å². The van der Waals surface area contributed by atoms with Gasteiger partial charge in [-0.05, 0) is 45.7 Å². The van der Waals surface area contributed by atoms with Crippen LogP contribution in [0.15, 0.2) is 17.1 Å². The van der Waals surface area contributed by atoms with E-state index in [-0.39, 0.29) is 23.8 Å². The van der Waals surface area contributed by atoms with Gasteiger partial charge in [0.05, 0.1) is 7.11 Å². The third-order valence-corrected chi connectivity index (χ3v) is 3.34. The number of hydrogen-bond acceptors (Lipinski definition) is 6. The minimum absolute atomic E-state index is 0.0585. The fourth-order valence-electron chi connectivity index (χ4n) is 2.05. The Morgan fingerprint density at radius 1 is 1.10 bits per heavy atom. The fraction of sp³-hybridized carbons (Fsp3) is 0.500. The molecule has 11 heteroatoms. The molecule has 29 heavy (non-hydrogen) atoms. The van der Waals surface area contributed by atoms with Gasteiger partial charge in [-0.2, -0.15) is 0 Å². The molecular formula is C18H27N5O6. The summed E-state index contributed by atoms with van der Waals surface area (Å²) in [6.45, 7) is 5.37. The van der Waals surface area contributed by atoms with E-state index in [1.54, 1.807) is 20.8 Å². The van der Waals surface area contributed by atoms with E-state index in [0.29, 0.717) is 19.4 Å². The molecule has 1 heterocycles. The standard InChI is InChI=1S/C18H27N5O6/c1-18(2,3)29-17(27)23-16(19)22-15(26)12-9-8-11(21-12)14(25)20-10-6-5-7-13(24)28-4/h8-9,21H,5-7,10H2,1-4H3,(H,20,25)(H3,19,22,23,26,27). The smallest absolute Gasteiger partial charge is 0.437 e. The van der Waals surface area contributed by atoms with Crippen LogP contribution in [-0.2, 0) is 14.3 Å². The van der Waals surface area contributed by atoms with Crippen LogP contribution in [0.1, 0.15) is 61.0 Å². The van der Waals surface area contributed by atoms with Crippen LogP contribution in [0.4, 0.5) is 4.79 Å². The molecule has 3 amide bonds. The summed E-state index contributed by atoms with van der Waals surface area (Å²) in [6, 6.07) is 2.82. The lowest BCUT2D eigenvalue weighted by Crippen LogP contribution is -2.38. The minimum atomic E-state index is -0.936. The average molecular weight is 409 g/mol. The number of carbonyl (C=O) groups excluding carboxylic acids is 4. The van der Waals surface area contributed by atoms with E-state index in [1.807, 2.05) is 0 Å². The van der Waals surface area contributed by atoms with Crippen molar-refractivity contribution in [3.05, 3.63) is 23.5 Å². The predicted molar refractivity (Wildman–Crippen MR) is 104 cm³/mol. The number of aromatic nitrogens is 1. The SMILES string of the molecule is COC(=O)CCCCNC(=O)c1ccc(C(=O)N/C(N)=N/C(=O)OC(C)(C)C)[nH]1. The maximum Gasteiger partial charge on any atom is 0.437 e. The number of esters is 1. The Morgan fingerprint density at radius 3 is 2.31 bits per heavy atom. The number of nitrogens with two attached hydrogens (primary N) is 1. The lowest BCUT2D eigenvalue weighted by Gasteiger charge is -2.17. The zero-order chi connectivity index (χ0) is 22.0. The van der Waals surface area contributed by atoms with Crippen molar-refractivity contribution in [3.8, 4) is 0 Å². The number of ether oxygens (including phenoxy) is 2. The summed E-state index contributed by atoms with van der Waals surface area (Å²) in [6.07, 6.45) is 0.536. The summed E-state index contributed by atoms with van der Waals surface area (Å²) in [5.74, 6) is -1.81. The van der Waals surface area contributed by atoms with Gasteiger partial charge in [0, 0.05) is 13.0 Å². The van der Waals surface area contributed by atoms with Crippen molar-refractivity contribution in [1.82, 2.24) is 15.6 Å². The van der Waals surface area contributed by atoms with Crippen LogP contribution >= 0.6 is 0 Å². The van der Waals surface area contributed by atoms with Gasteiger partial charge >= 0.3 is 12.1 Å². The van der Waals surface area contributed by atoms with Crippen molar-refractivity contribution in [2.75, 3.05) is 13.7 Å². The van der Waals surface area contributed by atoms with E-state index in [2.05, 4.69) is 25.3 Å². The number of carbonyl (C=O) groups is 4. The van der Waals surface area contributed by atoms with Crippen LogP contribution < -0.4 is 16.4 Å². The molecule has 0 aliphatic rings. The van der Waals surface area contributed by atoms with Crippen LogP contribution in [0, 0.1) is 0 Å². The summed E-state index contributed by atoms with van der Waals surface area (Å²) in [4.78, 5) is 52.8. The van der Waals surface area contributed by atoms with E-state index in [4.69, 9.17) is 10.5 Å². The number of rotatable bonds is 7. The molecule has 1 aromatic heterocycles. The van der Waals surface area contributed by atoms with Gasteiger partial charge in [-0.3, -0.25) is 19.7 Å². The first-order valence-electron chi connectivity index (χ1n) is 8.94. The number of unbranched alkanes of at least 4 members (excludes halogenated alkanes) is 1. The number of amides is 3. The second-order valence-corrected chi connectivity index (χ2v) is 7.01. The van der Waals surface area contributed by atoms with E-state index in [0.717, 1.165) is 0 Å². The Kier molecular flexibility index (Phi) is 8.84. The highest BCUT2D eigenvalue weighted by atomic mass is 16.6. The predicted octanol–water partition coefficient (Wildman–Crippen LogP) is 1.07. The summed E-state index contributed by atoms with van der Waals surface area (Å²) in [7, 11) is 1.32. The van der Waals surface area contributed by atoms with E-state index in [1.165, 1.54) is 19.2 Å². The minimum Gasteiger partial charge on any atom is -0.469 e. The molecule has 0 bridgehead atoms. The molecule has 0 aliphatic heterocycles. The molecule has 1 aromatic rings. The number of hydrogen-bond donors (Lipinski definition) is 4. The zero-order valence-electron chi connectivity index (χ0n) is 17.0. The lowest BCUT2D eigenvalue weighted by atomic mass is 10.2. The Balaban J connectivity index is 2.50.